The Morgan fingerprint density at radius 1 is 1.31 bits per heavy atom. The number of alkyl halides is 3. The summed E-state index contributed by atoms with van der Waals surface area (Å²) in [4.78, 5) is 21.0. The largest absolute Gasteiger partial charge is 0.395 e. The number of allylic oxidation sites excluding steroid dienone is 3. The van der Waals surface area contributed by atoms with E-state index in [-0.39, 0.29) is 31.2 Å². The van der Waals surface area contributed by atoms with Crippen molar-refractivity contribution >= 4 is 28.2 Å². The number of fused-ring (bicyclic) bond motifs is 1. The molecule has 0 spiro atoms. The number of hydrogen-bond donors (Lipinski definition) is 1. The molecule has 1 unspecified atom stereocenters. The summed E-state index contributed by atoms with van der Waals surface area (Å²) in [6.07, 6.45) is 2.06. The van der Waals surface area contributed by atoms with Crippen LogP contribution in [0.5, 0.6) is 0 Å². The Labute approximate surface area is 204 Å². The number of carbonyl (C=O) groups excluding carboxylic acids is 1. The lowest BCUT2D eigenvalue weighted by molar-refractivity contribution is -0.191. The van der Waals surface area contributed by atoms with Gasteiger partial charge in [-0.15, -0.1) is 0 Å². The van der Waals surface area contributed by atoms with E-state index in [9.17, 15) is 18.0 Å². The van der Waals surface area contributed by atoms with Crippen molar-refractivity contribution in [3.63, 3.8) is 0 Å². The monoisotopic (exact) mass is 484 g/mol. The number of anilines is 1. The summed E-state index contributed by atoms with van der Waals surface area (Å²) in [6, 6.07) is 7.80. The zero-order valence-electron chi connectivity index (χ0n) is 20.2. The summed E-state index contributed by atoms with van der Waals surface area (Å²) in [5.41, 5.74) is 1.22. The van der Waals surface area contributed by atoms with Crippen molar-refractivity contribution in [2.75, 3.05) is 32.0 Å². The lowest BCUT2D eigenvalue weighted by Gasteiger charge is -2.25. The van der Waals surface area contributed by atoms with E-state index in [2.05, 4.69) is 23.5 Å². The van der Waals surface area contributed by atoms with Gasteiger partial charge in [-0.05, 0) is 61.9 Å². The summed E-state index contributed by atoms with van der Waals surface area (Å²) in [5.74, 6) is -0.134. The van der Waals surface area contributed by atoms with Gasteiger partial charge in [-0.2, -0.15) is 13.2 Å². The lowest BCUT2D eigenvalue weighted by Crippen LogP contribution is -2.38. The highest BCUT2D eigenvalue weighted by molar-refractivity contribution is 5.95. The summed E-state index contributed by atoms with van der Waals surface area (Å²) in [6.45, 7) is 10.6. The van der Waals surface area contributed by atoms with Crippen molar-refractivity contribution < 1.29 is 18.0 Å². The Kier molecular flexibility index (Phi) is 6.77. The lowest BCUT2D eigenvalue weighted by atomic mass is 10.0. The van der Waals surface area contributed by atoms with Gasteiger partial charge < -0.3 is 15.1 Å². The zero-order chi connectivity index (χ0) is 25.4. The molecule has 1 amide bonds. The molecule has 1 aliphatic heterocycles. The molecule has 1 atom stereocenters. The van der Waals surface area contributed by atoms with Crippen molar-refractivity contribution in [1.29, 1.82) is 0 Å². The molecule has 2 fully saturated rings. The van der Waals surface area contributed by atoms with Gasteiger partial charge in [0.2, 0.25) is 5.91 Å². The number of halogens is 3. The van der Waals surface area contributed by atoms with Crippen molar-refractivity contribution in [3.05, 3.63) is 67.0 Å². The van der Waals surface area contributed by atoms with E-state index in [1.54, 1.807) is 17.2 Å². The first-order valence-corrected chi connectivity index (χ1v) is 11.7. The molecular weight excluding hydrogens is 453 g/mol. The van der Waals surface area contributed by atoms with Crippen LogP contribution in [0.4, 0.5) is 19.0 Å². The van der Waals surface area contributed by atoms with Gasteiger partial charge in [-0.25, -0.2) is 4.98 Å². The molecule has 2 aliphatic rings. The molecule has 2 aromatic rings. The fraction of sp³-hybridized carbons (Fsp3) is 0.407. The number of rotatable bonds is 8. The van der Waals surface area contributed by atoms with E-state index in [1.165, 1.54) is 0 Å². The third kappa shape index (κ3) is 5.27. The van der Waals surface area contributed by atoms with E-state index in [1.807, 2.05) is 49.2 Å². The minimum absolute atomic E-state index is 0.0174. The Morgan fingerprint density at radius 2 is 2.06 bits per heavy atom. The first kappa shape index (κ1) is 25.0. The van der Waals surface area contributed by atoms with Crippen LogP contribution in [-0.4, -0.2) is 53.5 Å². The number of nitrogens with zero attached hydrogens (tertiary/aromatic N) is 3. The number of benzene rings is 1. The minimum Gasteiger partial charge on any atom is -0.349 e. The Hall–Kier alpha value is -3.13. The highest BCUT2D eigenvalue weighted by Gasteiger charge is 2.63. The van der Waals surface area contributed by atoms with Crippen LogP contribution in [0.1, 0.15) is 31.7 Å². The summed E-state index contributed by atoms with van der Waals surface area (Å²) in [7, 11) is 1.94. The van der Waals surface area contributed by atoms with Gasteiger partial charge in [0, 0.05) is 43.1 Å². The molecule has 1 N–H and O–H groups in total. The minimum atomic E-state index is -4.18. The van der Waals surface area contributed by atoms with Crippen molar-refractivity contribution in [1.82, 2.24) is 14.8 Å². The number of pyridine rings is 1. The van der Waals surface area contributed by atoms with Crippen molar-refractivity contribution in [3.8, 4) is 0 Å². The first-order valence-electron chi connectivity index (χ1n) is 11.7. The molecule has 1 saturated carbocycles. The van der Waals surface area contributed by atoms with Crippen molar-refractivity contribution in [2.45, 2.75) is 32.4 Å². The average Bonchev–Trinajstić information content (AvgIpc) is 3.45. The molecule has 35 heavy (non-hydrogen) atoms. The van der Waals surface area contributed by atoms with Crippen LogP contribution in [0, 0.1) is 11.3 Å². The van der Waals surface area contributed by atoms with Crippen LogP contribution in [0.2, 0.25) is 0 Å². The predicted octanol–water partition coefficient (Wildman–Crippen LogP) is 5.83. The molecular formula is C27H31F3N4O. The second-order valence-corrected chi connectivity index (χ2v) is 9.70. The number of nitrogens with one attached hydrogen (secondary N) is 1. The topological polar surface area (TPSA) is 48.5 Å². The predicted molar refractivity (Wildman–Crippen MR) is 133 cm³/mol. The van der Waals surface area contributed by atoms with E-state index in [0.717, 1.165) is 27.7 Å². The molecule has 5 nitrogen and oxygen atoms in total. The summed E-state index contributed by atoms with van der Waals surface area (Å²) >= 11 is 0. The molecule has 0 radical (unpaired) electrons. The molecule has 2 heterocycles. The smallest absolute Gasteiger partial charge is 0.349 e. The van der Waals surface area contributed by atoms with Gasteiger partial charge in [0.1, 0.15) is 5.82 Å². The van der Waals surface area contributed by atoms with Crippen LogP contribution in [-0.2, 0) is 4.79 Å². The Bertz CT molecular complexity index is 1180. The van der Waals surface area contributed by atoms with Gasteiger partial charge >= 0.3 is 6.18 Å². The highest BCUT2D eigenvalue weighted by Crippen LogP contribution is 2.58. The molecule has 1 saturated heterocycles. The molecule has 1 aromatic heterocycles. The van der Waals surface area contributed by atoms with E-state index in [4.69, 9.17) is 0 Å². The molecule has 0 bridgehead atoms. The SMILES string of the molecule is C=C/C=C(/c1ccc2cnc(NC(=O)C3CCN(CC4(C(F)(F)F)CC4)C3)cc2c1)N(C)C(=C)C. The third-order valence-corrected chi connectivity index (χ3v) is 7.10. The fourth-order valence-electron chi connectivity index (χ4n) is 4.62. The normalized spacial score (nSPS) is 20.0. The van der Waals surface area contributed by atoms with Crippen LogP contribution < -0.4 is 5.32 Å². The van der Waals surface area contributed by atoms with Gasteiger partial charge in [0.05, 0.1) is 11.3 Å². The zero-order valence-corrected chi connectivity index (χ0v) is 20.2. The van der Waals surface area contributed by atoms with E-state index in [0.29, 0.717) is 25.3 Å². The highest BCUT2D eigenvalue weighted by atomic mass is 19.4. The standard InChI is InChI=1S/C27H31F3N4O/c1-5-6-23(33(4)18(2)3)19-7-8-20-15-31-24(14-22(20)13-19)32-25(35)21-9-12-34(16-21)17-26(10-11-26)27(28,29)30/h5-8,13-15,21H,1-2,9-12,16-17H2,3-4H3,(H,31,32,35)/b23-6-. The Balaban J connectivity index is 1.46. The number of hydrogen-bond acceptors (Lipinski definition) is 4. The average molecular weight is 485 g/mol. The maximum Gasteiger partial charge on any atom is 0.395 e. The van der Waals surface area contributed by atoms with Crippen LogP contribution in [0.3, 0.4) is 0 Å². The van der Waals surface area contributed by atoms with Gasteiger partial charge in [-0.3, -0.25) is 4.79 Å². The van der Waals surface area contributed by atoms with E-state index >= 15 is 0 Å². The van der Waals surface area contributed by atoms with E-state index < -0.39 is 11.6 Å². The van der Waals surface area contributed by atoms with Gasteiger partial charge in [-0.1, -0.05) is 31.4 Å². The van der Waals surface area contributed by atoms with Crippen LogP contribution >= 0.6 is 0 Å². The second-order valence-electron chi connectivity index (χ2n) is 9.70. The van der Waals surface area contributed by atoms with Crippen molar-refractivity contribution in [2.24, 2.45) is 11.3 Å². The third-order valence-electron chi connectivity index (χ3n) is 7.10. The quantitative estimate of drug-likeness (QED) is 0.479. The van der Waals surface area contributed by atoms with Crippen LogP contribution in [0.25, 0.3) is 16.5 Å². The maximum absolute atomic E-state index is 13.3. The molecule has 1 aromatic carbocycles. The molecule has 1 aliphatic carbocycles. The van der Waals surface area contributed by atoms with Gasteiger partial charge in [0.25, 0.3) is 0 Å². The first-order chi connectivity index (χ1) is 16.5. The molecule has 8 heteroatoms. The number of carbonyl (C=O) groups is 1. The Morgan fingerprint density at radius 3 is 2.69 bits per heavy atom. The maximum atomic E-state index is 13.3. The fourth-order valence-corrected chi connectivity index (χ4v) is 4.62. The van der Waals surface area contributed by atoms with Gasteiger partial charge in [0.15, 0.2) is 0 Å². The van der Waals surface area contributed by atoms with Crippen LogP contribution in [0.15, 0.2) is 61.5 Å². The number of aromatic nitrogens is 1. The number of amides is 1. The summed E-state index contributed by atoms with van der Waals surface area (Å²) in [5, 5.41) is 4.70. The molecule has 4 rings (SSSR count). The summed E-state index contributed by atoms with van der Waals surface area (Å²) < 4.78 is 39.9. The number of likely N-dealkylation sites (tertiary alicyclic amines) is 1. The second kappa shape index (κ2) is 9.49. The molecule has 186 valence electrons.